The number of nitrogens with one attached hydrogen (secondary N) is 1. The van der Waals surface area contributed by atoms with E-state index in [4.69, 9.17) is 0 Å². The summed E-state index contributed by atoms with van der Waals surface area (Å²) in [6, 6.07) is 4.22. The lowest BCUT2D eigenvalue weighted by Gasteiger charge is -2.21. The van der Waals surface area contributed by atoms with Crippen LogP contribution in [0.3, 0.4) is 0 Å². The largest absolute Gasteiger partial charge is 0.272 e. The maximum absolute atomic E-state index is 12.0. The van der Waals surface area contributed by atoms with E-state index in [0.29, 0.717) is 5.75 Å². The lowest BCUT2D eigenvalue weighted by molar-refractivity contribution is -0.118. The molecule has 0 aliphatic heterocycles. The molecule has 0 spiro atoms. The van der Waals surface area contributed by atoms with Crippen LogP contribution in [-0.2, 0) is 4.79 Å². The summed E-state index contributed by atoms with van der Waals surface area (Å²) in [4.78, 5) is 13.1. The molecule has 1 aliphatic carbocycles. The maximum Gasteiger partial charge on any atom is 0.250 e. The molecule has 2 rings (SSSR count). The van der Waals surface area contributed by atoms with Crippen LogP contribution in [0.1, 0.15) is 50.2 Å². The molecule has 1 N–H and O–H groups in total. The van der Waals surface area contributed by atoms with Crippen LogP contribution in [0.15, 0.2) is 26.6 Å². The standard InChI is InChI=1S/C18H25BrN2OS/c1-4-14-5-7-15(8-6-14)20-21-18(22)11-23-17-10-12(2)16(19)9-13(17)3/h9-10,14H,4-8,11H2,1-3H3,(H,21,22). The smallest absolute Gasteiger partial charge is 0.250 e. The summed E-state index contributed by atoms with van der Waals surface area (Å²) in [5.41, 5.74) is 6.23. The van der Waals surface area contributed by atoms with Gasteiger partial charge in [-0.05, 0) is 68.7 Å². The Hall–Kier alpha value is -0.810. The number of carbonyl (C=O) groups excluding carboxylic acids is 1. The molecule has 1 aliphatic rings. The molecule has 1 saturated carbocycles. The lowest BCUT2D eigenvalue weighted by Crippen LogP contribution is -2.23. The monoisotopic (exact) mass is 396 g/mol. The predicted octanol–water partition coefficient (Wildman–Crippen LogP) is 5.23. The van der Waals surface area contributed by atoms with E-state index in [1.807, 2.05) is 0 Å². The molecule has 3 nitrogen and oxygen atoms in total. The van der Waals surface area contributed by atoms with E-state index in [-0.39, 0.29) is 5.91 Å². The molecule has 0 radical (unpaired) electrons. The molecule has 5 heteroatoms. The zero-order chi connectivity index (χ0) is 16.8. The minimum absolute atomic E-state index is 0.0277. The van der Waals surface area contributed by atoms with Crippen LogP contribution in [0.25, 0.3) is 0 Å². The molecule has 23 heavy (non-hydrogen) atoms. The number of hydrogen-bond acceptors (Lipinski definition) is 3. The van der Waals surface area contributed by atoms with Crippen molar-refractivity contribution in [2.24, 2.45) is 11.0 Å². The molecular weight excluding hydrogens is 372 g/mol. The average molecular weight is 397 g/mol. The third kappa shape index (κ3) is 5.64. The number of nitrogens with zero attached hydrogens (tertiary/aromatic N) is 1. The number of rotatable bonds is 5. The van der Waals surface area contributed by atoms with Crippen molar-refractivity contribution in [2.75, 3.05) is 5.75 Å². The fourth-order valence-corrected chi connectivity index (χ4v) is 4.11. The summed E-state index contributed by atoms with van der Waals surface area (Å²) in [5.74, 6) is 1.21. The van der Waals surface area contributed by atoms with E-state index in [1.54, 1.807) is 11.8 Å². The van der Waals surface area contributed by atoms with Crippen LogP contribution < -0.4 is 5.43 Å². The summed E-state index contributed by atoms with van der Waals surface area (Å²) in [6.07, 6.45) is 5.71. The molecule has 0 atom stereocenters. The van der Waals surface area contributed by atoms with Crippen molar-refractivity contribution in [1.29, 1.82) is 0 Å². The number of halogens is 1. The molecule has 1 aromatic carbocycles. The summed E-state index contributed by atoms with van der Waals surface area (Å²) in [7, 11) is 0. The van der Waals surface area contributed by atoms with E-state index in [1.165, 1.54) is 30.4 Å². The molecular formula is C18H25BrN2OS. The first-order valence-corrected chi connectivity index (χ1v) is 10.0. The van der Waals surface area contributed by atoms with Gasteiger partial charge in [-0.2, -0.15) is 5.10 Å². The Morgan fingerprint density at radius 3 is 2.65 bits per heavy atom. The van der Waals surface area contributed by atoms with Gasteiger partial charge in [0, 0.05) is 15.1 Å². The second kappa shape index (κ2) is 8.88. The highest BCUT2D eigenvalue weighted by molar-refractivity contribution is 9.10. The van der Waals surface area contributed by atoms with Crippen LogP contribution in [0, 0.1) is 19.8 Å². The Balaban J connectivity index is 1.81. The fourth-order valence-electron chi connectivity index (χ4n) is 2.76. The minimum atomic E-state index is -0.0277. The van der Waals surface area contributed by atoms with E-state index in [9.17, 15) is 4.79 Å². The van der Waals surface area contributed by atoms with Crippen molar-refractivity contribution in [2.45, 2.75) is 57.8 Å². The molecule has 1 amide bonds. The van der Waals surface area contributed by atoms with E-state index >= 15 is 0 Å². The molecule has 126 valence electrons. The molecule has 0 unspecified atom stereocenters. The van der Waals surface area contributed by atoms with E-state index in [2.05, 4.69) is 59.4 Å². The van der Waals surface area contributed by atoms with Crippen molar-refractivity contribution in [3.05, 3.63) is 27.7 Å². The van der Waals surface area contributed by atoms with Gasteiger partial charge in [0.2, 0.25) is 5.91 Å². The summed E-state index contributed by atoms with van der Waals surface area (Å²) >= 11 is 5.10. The Morgan fingerprint density at radius 1 is 1.30 bits per heavy atom. The number of amides is 1. The molecule has 1 aromatic rings. The van der Waals surface area contributed by atoms with Crippen LogP contribution in [0.2, 0.25) is 0 Å². The Bertz CT molecular complexity index is 591. The van der Waals surface area contributed by atoms with Gasteiger partial charge >= 0.3 is 0 Å². The van der Waals surface area contributed by atoms with Gasteiger partial charge in [-0.15, -0.1) is 11.8 Å². The van der Waals surface area contributed by atoms with Crippen molar-refractivity contribution in [3.63, 3.8) is 0 Å². The fraction of sp³-hybridized carbons (Fsp3) is 0.556. The second-order valence-corrected chi connectivity index (χ2v) is 8.09. The highest BCUT2D eigenvalue weighted by Crippen LogP contribution is 2.28. The average Bonchev–Trinajstić information content (AvgIpc) is 2.55. The van der Waals surface area contributed by atoms with Gasteiger partial charge in [0.15, 0.2) is 0 Å². The van der Waals surface area contributed by atoms with Crippen LogP contribution in [-0.4, -0.2) is 17.4 Å². The molecule has 0 aromatic heterocycles. The van der Waals surface area contributed by atoms with Crippen molar-refractivity contribution < 1.29 is 4.79 Å². The van der Waals surface area contributed by atoms with E-state index in [0.717, 1.165) is 33.8 Å². The van der Waals surface area contributed by atoms with Gasteiger partial charge in [0.1, 0.15) is 0 Å². The van der Waals surface area contributed by atoms with E-state index < -0.39 is 0 Å². The van der Waals surface area contributed by atoms with Gasteiger partial charge in [-0.3, -0.25) is 4.79 Å². The highest BCUT2D eigenvalue weighted by atomic mass is 79.9. The molecule has 0 bridgehead atoms. The minimum Gasteiger partial charge on any atom is -0.272 e. The zero-order valence-electron chi connectivity index (χ0n) is 14.1. The number of benzene rings is 1. The number of carbonyl (C=O) groups is 1. The molecule has 0 heterocycles. The number of thioether (sulfide) groups is 1. The maximum atomic E-state index is 12.0. The Kier molecular flexibility index (Phi) is 7.15. The Labute approximate surface area is 151 Å². The van der Waals surface area contributed by atoms with Gasteiger partial charge in [0.25, 0.3) is 0 Å². The SMILES string of the molecule is CCC1CCC(=NNC(=O)CSc2cc(C)c(Br)cc2C)CC1. The zero-order valence-corrected chi connectivity index (χ0v) is 16.5. The third-order valence-corrected chi connectivity index (χ3v) is 6.43. The highest BCUT2D eigenvalue weighted by Gasteiger charge is 2.16. The quantitative estimate of drug-likeness (QED) is 0.546. The van der Waals surface area contributed by atoms with Crippen LogP contribution in [0.5, 0.6) is 0 Å². The number of aryl methyl sites for hydroxylation is 2. The topological polar surface area (TPSA) is 41.5 Å². The van der Waals surface area contributed by atoms with Gasteiger partial charge in [0.05, 0.1) is 5.75 Å². The van der Waals surface area contributed by atoms with Crippen molar-refractivity contribution >= 4 is 39.3 Å². The van der Waals surface area contributed by atoms with Gasteiger partial charge in [-0.25, -0.2) is 5.43 Å². The Morgan fingerprint density at radius 2 is 2.00 bits per heavy atom. The molecule has 0 saturated heterocycles. The normalized spacial score (nSPS) is 17.9. The summed E-state index contributed by atoms with van der Waals surface area (Å²) < 4.78 is 1.11. The first-order chi connectivity index (χ1) is 11.0. The number of hydrazone groups is 1. The second-order valence-electron chi connectivity index (χ2n) is 6.22. The lowest BCUT2D eigenvalue weighted by atomic mass is 9.86. The van der Waals surface area contributed by atoms with Crippen molar-refractivity contribution in [1.82, 2.24) is 5.43 Å². The van der Waals surface area contributed by atoms with Crippen LogP contribution in [0.4, 0.5) is 0 Å². The first-order valence-electron chi connectivity index (χ1n) is 8.23. The molecule has 1 fully saturated rings. The van der Waals surface area contributed by atoms with Gasteiger partial charge < -0.3 is 0 Å². The number of hydrogen-bond donors (Lipinski definition) is 1. The van der Waals surface area contributed by atoms with Crippen molar-refractivity contribution in [3.8, 4) is 0 Å². The summed E-state index contributed by atoms with van der Waals surface area (Å²) in [5, 5.41) is 4.31. The third-order valence-electron chi connectivity index (χ3n) is 4.41. The van der Waals surface area contributed by atoms with Crippen LogP contribution >= 0.6 is 27.7 Å². The van der Waals surface area contributed by atoms with Gasteiger partial charge in [-0.1, -0.05) is 29.3 Å². The first kappa shape index (κ1) is 18.5. The predicted molar refractivity (Wildman–Crippen MR) is 102 cm³/mol. The summed E-state index contributed by atoms with van der Waals surface area (Å²) in [6.45, 7) is 6.38.